The Kier molecular flexibility index (Phi) is 3.02. The van der Waals surface area contributed by atoms with Crippen molar-refractivity contribution in [3.8, 4) is 0 Å². The lowest BCUT2D eigenvalue weighted by Crippen LogP contribution is -2.41. The molecule has 1 N–H and O–H groups in total. The largest absolute Gasteiger partial charge is 0.478 e. The number of nitrogens with zero attached hydrogens (tertiary/aromatic N) is 2. The Morgan fingerprint density at radius 3 is 2.50 bits per heavy atom. The van der Waals surface area contributed by atoms with Crippen molar-refractivity contribution in [3.63, 3.8) is 0 Å². The first-order valence-corrected chi connectivity index (χ1v) is 4.89. The quantitative estimate of drug-likeness (QED) is 0.672. The number of carboxylic acids is 1. The van der Waals surface area contributed by atoms with Gasteiger partial charge in [-0.05, 0) is 12.1 Å². The predicted molar refractivity (Wildman–Crippen MR) is 52.9 cm³/mol. The van der Waals surface area contributed by atoms with E-state index in [1.807, 2.05) is 0 Å². The molecular formula is C10H8F4N2O2. The molecule has 1 aliphatic rings. The van der Waals surface area contributed by atoms with E-state index in [1.54, 1.807) is 0 Å². The van der Waals surface area contributed by atoms with Crippen LogP contribution in [0.1, 0.15) is 11.9 Å². The van der Waals surface area contributed by atoms with Crippen LogP contribution < -0.4 is 0 Å². The van der Waals surface area contributed by atoms with Gasteiger partial charge in [-0.1, -0.05) is 0 Å². The number of alkyl halides is 4. The molecule has 8 heteroatoms. The molecule has 1 aromatic heterocycles. The molecule has 0 aromatic carbocycles. The van der Waals surface area contributed by atoms with Crippen LogP contribution in [-0.2, 0) is 4.79 Å². The van der Waals surface area contributed by atoms with E-state index in [9.17, 15) is 22.4 Å². The van der Waals surface area contributed by atoms with Crippen LogP contribution in [0.2, 0.25) is 0 Å². The topological polar surface area (TPSA) is 45.5 Å². The number of aliphatic carboxylic acids is 1. The second-order valence-corrected chi connectivity index (χ2v) is 3.62. The third-order valence-corrected chi connectivity index (χ3v) is 2.59. The Bertz CT molecular complexity index is 498. The van der Waals surface area contributed by atoms with Crippen LogP contribution >= 0.6 is 0 Å². The summed E-state index contributed by atoms with van der Waals surface area (Å²) in [6.07, 6.45) is -3.00. The molecule has 1 aliphatic heterocycles. The Labute approximate surface area is 98.7 Å². The monoisotopic (exact) mass is 264 g/mol. The van der Waals surface area contributed by atoms with E-state index in [4.69, 9.17) is 5.11 Å². The van der Waals surface area contributed by atoms with Gasteiger partial charge in [0.2, 0.25) is 6.17 Å². The number of aromatic nitrogens is 1. The summed E-state index contributed by atoms with van der Waals surface area (Å²) in [5.74, 6) is -1.54. The van der Waals surface area contributed by atoms with Gasteiger partial charge in [0, 0.05) is 12.4 Å². The molecule has 1 aromatic rings. The van der Waals surface area contributed by atoms with Gasteiger partial charge in [-0.2, -0.15) is 8.78 Å². The van der Waals surface area contributed by atoms with Gasteiger partial charge in [-0.3, -0.25) is 4.90 Å². The lowest BCUT2D eigenvalue weighted by atomic mass is 10.1. The summed E-state index contributed by atoms with van der Waals surface area (Å²) < 4.78 is 51.8. The number of carbonyl (C=O) groups is 1. The fourth-order valence-corrected chi connectivity index (χ4v) is 1.87. The van der Waals surface area contributed by atoms with Crippen molar-refractivity contribution >= 4 is 11.5 Å². The van der Waals surface area contributed by atoms with Crippen molar-refractivity contribution in [2.75, 3.05) is 0 Å². The standard InChI is InChI=1S/C10H8F4N2O2/c11-7(12)5-4-16(10(13)14)8(9(17)18)15-3-1-2-6(5)15/h1-4,7-8,10H,(H,17,18). The minimum absolute atomic E-state index is 0.0747. The minimum Gasteiger partial charge on any atom is -0.478 e. The highest BCUT2D eigenvalue weighted by Gasteiger charge is 2.37. The van der Waals surface area contributed by atoms with Crippen LogP contribution in [0.15, 0.2) is 24.5 Å². The van der Waals surface area contributed by atoms with Crippen molar-refractivity contribution in [1.29, 1.82) is 0 Å². The van der Waals surface area contributed by atoms with Crippen LogP contribution in [0.25, 0.3) is 5.57 Å². The van der Waals surface area contributed by atoms with Crippen LogP contribution in [0.4, 0.5) is 17.6 Å². The average Bonchev–Trinajstić information content (AvgIpc) is 2.73. The van der Waals surface area contributed by atoms with Gasteiger partial charge in [0.1, 0.15) is 0 Å². The Morgan fingerprint density at radius 1 is 1.33 bits per heavy atom. The van der Waals surface area contributed by atoms with E-state index < -0.39 is 30.7 Å². The Morgan fingerprint density at radius 2 is 2.00 bits per heavy atom. The van der Waals surface area contributed by atoms with E-state index in [0.29, 0.717) is 6.20 Å². The Balaban J connectivity index is 2.56. The normalized spacial score (nSPS) is 19.1. The lowest BCUT2D eigenvalue weighted by molar-refractivity contribution is -0.153. The van der Waals surface area contributed by atoms with Gasteiger partial charge < -0.3 is 9.67 Å². The first-order valence-electron chi connectivity index (χ1n) is 4.89. The number of hydrogen-bond acceptors (Lipinski definition) is 2. The van der Waals surface area contributed by atoms with Gasteiger partial charge >= 0.3 is 12.5 Å². The first-order chi connectivity index (χ1) is 8.43. The third-order valence-electron chi connectivity index (χ3n) is 2.59. The highest BCUT2D eigenvalue weighted by molar-refractivity contribution is 5.76. The summed E-state index contributed by atoms with van der Waals surface area (Å²) >= 11 is 0. The van der Waals surface area contributed by atoms with E-state index in [0.717, 1.165) is 4.57 Å². The van der Waals surface area contributed by atoms with Crippen molar-refractivity contribution in [3.05, 3.63) is 30.2 Å². The number of allylic oxidation sites excluding steroid dienone is 1. The molecule has 1 atom stereocenters. The van der Waals surface area contributed by atoms with Gasteiger partial charge in [0.15, 0.2) is 0 Å². The van der Waals surface area contributed by atoms with E-state index in [2.05, 4.69) is 0 Å². The summed E-state index contributed by atoms with van der Waals surface area (Å²) in [6, 6.07) is 2.59. The maximum atomic E-state index is 12.7. The molecule has 1 unspecified atom stereocenters. The molecule has 0 saturated carbocycles. The molecule has 0 fully saturated rings. The van der Waals surface area contributed by atoms with Gasteiger partial charge in [0.25, 0.3) is 6.43 Å². The SMILES string of the molecule is O=C(O)C1N(C(F)F)C=C(C(F)F)c2cccn21. The zero-order valence-corrected chi connectivity index (χ0v) is 8.80. The number of halogens is 4. The van der Waals surface area contributed by atoms with Crippen LogP contribution in [0.3, 0.4) is 0 Å². The maximum Gasteiger partial charge on any atom is 0.348 e. The van der Waals surface area contributed by atoms with E-state index >= 15 is 0 Å². The molecular weight excluding hydrogens is 256 g/mol. The van der Waals surface area contributed by atoms with E-state index in [1.165, 1.54) is 18.3 Å². The van der Waals surface area contributed by atoms with Crippen molar-refractivity contribution in [1.82, 2.24) is 9.47 Å². The average molecular weight is 264 g/mol. The molecule has 0 amide bonds. The predicted octanol–water partition coefficient (Wildman–Crippen LogP) is 2.22. The first kappa shape index (κ1) is 12.5. The molecule has 2 rings (SSSR count). The molecule has 2 heterocycles. The highest BCUT2D eigenvalue weighted by Crippen LogP contribution is 2.34. The number of carboxylic acid groups (broad SMARTS) is 1. The van der Waals surface area contributed by atoms with Crippen molar-refractivity contribution < 1.29 is 27.5 Å². The van der Waals surface area contributed by atoms with Crippen LogP contribution in [0.5, 0.6) is 0 Å². The fraction of sp³-hybridized carbons (Fsp3) is 0.300. The summed E-state index contributed by atoms with van der Waals surface area (Å²) in [6.45, 7) is -3.18. The van der Waals surface area contributed by atoms with Crippen LogP contribution in [0, 0.1) is 0 Å². The fourth-order valence-electron chi connectivity index (χ4n) is 1.87. The summed E-state index contributed by atoms with van der Waals surface area (Å²) in [5, 5.41) is 8.93. The molecule has 0 spiro atoms. The van der Waals surface area contributed by atoms with E-state index in [-0.39, 0.29) is 10.6 Å². The van der Waals surface area contributed by atoms with Gasteiger partial charge in [0.05, 0.1) is 11.3 Å². The van der Waals surface area contributed by atoms with Crippen molar-refractivity contribution in [2.24, 2.45) is 0 Å². The summed E-state index contributed by atoms with van der Waals surface area (Å²) in [5.41, 5.74) is -0.702. The molecule has 98 valence electrons. The molecule has 0 saturated heterocycles. The zero-order valence-electron chi connectivity index (χ0n) is 8.80. The second kappa shape index (κ2) is 4.35. The smallest absolute Gasteiger partial charge is 0.348 e. The summed E-state index contributed by atoms with van der Waals surface area (Å²) in [7, 11) is 0. The van der Waals surface area contributed by atoms with Gasteiger partial charge in [-0.15, -0.1) is 0 Å². The summed E-state index contributed by atoms with van der Waals surface area (Å²) in [4.78, 5) is 11.1. The van der Waals surface area contributed by atoms with Crippen LogP contribution in [-0.4, -0.2) is 33.5 Å². The second-order valence-electron chi connectivity index (χ2n) is 3.62. The highest BCUT2D eigenvalue weighted by atomic mass is 19.3. The molecule has 0 bridgehead atoms. The number of hydrogen-bond donors (Lipinski definition) is 1. The lowest BCUT2D eigenvalue weighted by Gasteiger charge is -2.33. The molecule has 0 aliphatic carbocycles. The minimum atomic E-state index is -3.18. The molecule has 4 nitrogen and oxygen atoms in total. The number of rotatable bonds is 3. The zero-order chi connectivity index (χ0) is 13.4. The molecule has 18 heavy (non-hydrogen) atoms. The van der Waals surface area contributed by atoms with Crippen molar-refractivity contribution in [2.45, 2.75) is 19.1 Å². The molecule has 0 radical (unpaired) electrons. The Hall–Kier alpha value is -1.99. The number of fused-ring (bicyclic) bond motifs is 1. The maximum absolute atomic E-state index is 12.7. The van der Waals surface area contributed by atoms with Gasteiger partial charge in [-0.25, -0.2) is 13.6 Å². The third kappa shape index (κ3) is 1.83.